The summed E-state index contributed by atoms with van der Waals surface area (Å²) in [6.45, 7) is 7.25. The molecule has 2 saturated heterocycles. The van der Waals surface area contributed by atoms with Crippen molar-refractivity contribution in [1.82, 2.24) is 10.2 Å². The predicted molar refractivity (Wildman–Crippen MR) is 80.0 cm³/mol. The highest BCUT2D eigenvalue weighted by Gasteiger charge is 2.57. The van der Waals surface area contributed by atoms with Crippen molar-refractivity contribution in [3.8, 4) is 0 Å². The van der Waals surface area contributed by atoms with Crippen molar-refractivity contribution < 1.29 is 23.9 Å². The lowest BCUT2D eigenvalue weighted by Gasteiger charge is -2.43. The largest absolute Gasteiger partial charge is 0.465 e. The fourth-order valence-electron chi connectivity index (χ4n) is 2.46. The minimum Gasteiger partial charge on any atom is -0.465 e. The molecule has 1 amide bonds. The summed E-state index contributed by atoms with van der Waals surface area (Å²) >= 11 is 0. The van der Waals surface area contributed by atoms with Gasteiger partial charge in [0.05, 0.1) is 13.2 Å². The number of esters is 2. The lowest BCUT2D eigenvalue weighted by atomic mass is 9.80. The number of hydrogen-bond donors (Lipinski definition) is 1. The molecule has 1 atom stereocenters. The van der Waals surface area contributed by atoms with Crippen LogP contribution in [0.3, 0.4) is 0 Å². The van der Waals surface area contributed by atoms with E-state index in [-0.39, 0.29) is 26.3 Å². The van der Waals surface area contributed by atoms with E-state index in [4.69, 9.17) is 9.47 Å². The molecule has 0 aromatic rings. The second-order valence-electron chi connectivity index (χ2n) is 5.53. The Morgan fingerprint density at radius 2 is 1.77 bits per heavy atom. The molecule has 0 aromatic carbocycles. The van der Waals surface area contributed by atoms with E-state index in [2.05, 4.69) is 12.2 Å². The molecule has 2 heterocycles. The van der Waals surface area contributed by atoms with Gasteiger partial charge in [-0.3, -0.25) is 14.4 Å². The van der Waals surface area contributed by atoms with E-state index in [9.17, 15) is 14.4 Å². The first-order valence-corrected chi connectivity index (χ1v) is 7.77. The second-order valence-corrected chi connectivity index (χ2v) is 5.53. The number of hydrogen-bond acceptors (Lipinski definition) is 6. The first-order chi connectivity index (χ1) is 10.5. The van der Waals surface area contributed by atoms with Gasteiger partial charge in [0, 0.05) is 19.1 Å². The predicted octanol–water partition coefficient (Wildman–Crippen LogP) is 0.329. The van der Waals surface area contributed by atoms with Crippen LogP contribution < -0.4 is 5.32 Å². The molecule has 1 N–H and O–H groups in total. The molecule has 0 spiro atoms. The van der Waals surface area contributed by atoms with E-state index in [1.54, 1.807) is 13.8 Å². The van der Waals surface area contributed by atoms with Crippen LogP contribution in [0.25, 0.3) is 0 Å². The molecule has 0 radical (unpaired) electrons. The number of likely N-dealkylation sites (tertiary alicyclic amines) is 1. The van der Waals surface area contributed by atoms with E-state index in [0.717, 1.165) is 6.04 Å². The van der Waals surface area contributed by atoms with Gasteiger partial charge in [0.1, 0.15) is 0 Å². The number of nitrogens with zero attached hydrogens (tertiary/aromatic N) is 1. The lowest BCUT2D eigenvalue weighted by Crippen LogP contribution is -2.64. The van der Waals surface area contributed by atoms with Gasteiger partial charge in [0.25, 0.3) is 0 Å². The van der Waals surface area contributed by atoms with Crippen LogP contribution in [0.2, 0.25) is 0 Å². The molecule has 7 heteroatoms. The van der Waals surface area contributed by atoms with Crippen molar-refractivity contribution in [3.05, 3.63) is 0 Å². The van der Waals surface area contributed by atoms with E-state index in [0.29, 0.717) is 6.41 Å². The summed E-state index contributed by atoms with van der Waals surface area (Å²) < 4.78 is 9.65. The van der Waals surface area contributed by atoms with Crippen molar-refractivity contribution in [3.63, 3.8) is 0 Å². The Morgan fingerprint density at radius 1 is 1.23 bits per heavy atom. The summed E-state index contributed by atoms with van der Waals surface area (Å²) in [7, 11) is 0. The van der Waals surface area contributed by atoms with Gasteiger partial charge in [-0.2, -0.15) is 0 Å². The van der Waals surface area contributed by atoms with Crippen LogP contribution in [0.1, 0.15) is 33.6 Å². The average Bonchev–Trinajstić information content (AvgIpc) is 2.90. The van der Waals surface area contributed by atoms with Crippen molar-refractivity contribution in [2.24, 2.45) is 5.41 Å². The number of rotatable bonds is 5. The van der Waals surface area contributed by atoms with Gasteiger partial charge in [-0.25, -0.2) is 0 Å². The SMILES string of the molecule is CC1CCCN1.CCOC(=O)C1(C(=O)OCC)CN(C=O)C1. The highest BCUT2D eigenvalue weighted by atomic mass is 16.6. The Labute approximate surface area is 131 Å². The minimum absolute atomic E-state index is 0.0359. The zero-order valence-electron chi connectivity index (χ0n) is 13.6. The normalized spacial score (nSPS) is 22.0. The van der Waals surface area contributed by atoms with Crippen LogP contribution >= 0.6 is 0 Å². The number of carbonyl (C=O) groups is 3. The number of amides is 1. The van der Waals surface area contributed by atoms with Crippen molar-refractivity contribution in [2.75, 3.05) is 32.8 Å². The molecule has 22 heavy (non-hydrogen) atoms. The van der Waals surface area contributed by atoms with Crippen molar-refractivity contribution in [1.29, 1.82) is 0 Å². The summed E-state index contributed by atoms with van der Waals surface area (Å²) in [5.74, 6) is -1.24. The Hall–Kier alpha value is -1.63. The molecule has 126 valence electrons. The average molecular weight is 314 g/mol. The molecular weight excluding hydrogens is 288 g/mol. The van der Waals surface area contributed by atoms with Crippen molar-refractivity contribution in [2.45, 2.75) is 39.7 Å². The maximum atomic E-state index is 11.7. The quantitative estimate of drug-likeness (QED) is 0.447. The van der Waals surface area contributed by atoms with Crippen LogP contribution in [-0.2, 0) is 23.9 Å². The fraction of sp³-hybridized carbons (Fsp3) is 0.800. The van der Waals surface area contributed by atoms with Crippen LogP contribution in [0.4, 0.5) is 0 Å². The molecule has 2 fully saturated rings. The zero-order chi connectivity index (χ0) is 16.6. The maximum Gasteiger partial charge on any atom is 0.327 e. The van der Waals surface area contributed by atoms with Crippen LogP contribution in [0.5, 0.6) is 0 Å². The Balaban J connectivity index is 0.000000335. The molecular formula is C15H26N2O5. The van der Waals surface area contributed by atoms with Gasteiger partial charge in [0.2, 0.25) is 6.41 Å². The van der Waals surface area contributed by atoms with Gasteiger partial charge < -0.3 is 19.7 Å². The fourth-order valence-corrected chi connectivity index (χ4v) is 2.46. The van der Waals surface area contributed by atoms with Crippen LogP contribution in [0, 0.1) is 5.41 Å². The molecule has 0 aliphatic carbocycles. The molecule has 2 rings (SSSR count). The molecule has 0 saturated carbocycles. The highest BCUT2D eigenvalue weighted by molar-refractivity contribution is 6.02. The molecule has 1 unspecified atom stereocenters. The van der Waals surface area contributed by atoms with E-state index in [1.165, 1.54) is 24.3 Å². The standard InChI is InChI=1S/C10H15NO5.C5H11N/c1-3-15-8(13)10(9(14)16-4-2)5-11(6-10)7-12;1-5-3-2-4-6-5/h7H,3-6H2,1-2H3;5-6H,2-4H2,1H3. The maximum absolute atomic E-state index is 11.7. The molecule has 2 aliphatic rings. The Morgan fingerprint density at radius 3 is 2.05 bits per heavy atom. The molecule has 0 bridgehead atoms. The van der Waals surface area contributed by atoms with Gasteiger partial charge in [-0.15, -0.1) is 0 Å². The number of ether oxygens (including phenoxy) is 2. The van der Waals surface area contributed by atoms with E-state index < -0.39 is 17.4 Å². The first kappa shape index (κ1) is 18.4. The van der Waals surface area contributed by atoms with Gasteiger partial charge in [0.15, 0.2) is 5.41 Å². The minimum atomic E-state index is -1.31. The summed E-state index contributed by atoms with van der Waals surface area (Å²) in [6, 6.07) is 0.796. The third-order valence-electron chi connectivity index (χ3n) is 3.73. The Kier molecular flexibility index (Phi) is 7.31. The topological polar surface area (TPSA) is 84.9 Å². The molecule has 0 aromatic heterocycles. The smallest absolute Gasteiger partial charge is 0.327 e. The molecule has 7 nitrogen and oxygen atoms in total. The van der Waals surface area contributed by atoms with Gasteiger partial charge >= 0.3 is 11.9 Å². The zero-order valence-corrected chi connectivity index (χ0v) is 13.6. The summed E-state index contributed by atoms with van der Waals surface area (Å²) in [5.41, 5.74) is -1.31. The third-order valence-corrected chi connectivity index (χ3v) is 3.73. The first-order valence-electron chi connectivity index (χ1n) is 7.77. The number of nitrogens with one attached hydrogen (secondary N) is 1. The lowest BCUT2D eigenvalue weighted by molar-refractivity contribution is -0.185. The summed E-state index contributed by atoms with van der Waals surface area (Å²) in [4.78, 5) is 35.1. The summed E-state index contributed by atoms with van der Waals surface area (Å²) in [6.07, 6.45) is 3.35. The third kappa shape index (κ3) is 4.43. The van der Waals surface area contributed by atoms with Gasteiger partial charge in [-0.1, -0.05) is 0 Å². The Bertz CT molecular complexity index is 367. The summed E-state index contributed by atoms with van der Waals surface area (Å²) in [5, 5.41) is 3.32. The van der Waals surface area contributed by atoms with Crippen molar-refractivity contribution >= 4 is 18.3 Å². The molecule has 2 aliphatic heterocycles. The highest BCUT2D eigenvalue weighted by Crippen LogP contribution is 2.32. The van der Waals surface area contributed by atoms with Crippen LogP contribution in [0.15, 0.2) is 0 Å². The van der Waals surface area contributed by atoms with Crippen LogP contribution in [-0.4, -0.2) is 62.1 Å². The van der Waals surface area contributed by atoms with E-state index >= 15 is 0 Å². The monoisotopic (exact) mass is 314 g/mol. The van der Waals surface area contributed by atoms with Gasteiger partial charge in [-0.05, 0) is 40.2 Å². The van der Waals surface area contributed by atoms with E-state index in [1.807, 2.05) is 0 Å². The number of carbonyl (C=O) groups excluding carboxylic acids is 3. The second kappa shape index (κ2) is 8.73.